The summed E-state index contributed by atoms with van der Waals surface area (Å²) in [6, 6.07) is 13.7. The molecule has 0 amide bonds. The van der Waals surface area contributed by atoms with E-state index in [0.717, 1.165) is 22.4 Å². The van der Waals surface area contributed by atoms with Crippen molar-refractivity contribution in [2.45, 2.75) is 13.8 Å². The summed E-state index contributed by atoms with van der Waals surface area (Å²) in [5.41, 5.74) is 5.67. The highest BCUT2D eigenvalue weighted by atomic mass is 16.5. The van der Waals surface area contributed by atoms with Gasteiger partial charge in [0.05, 0.1) is 19.9 Å². The number of rotatable bonds is 5. The minimum Gasteiger partial charge on any atom is -0.493 e. The van der Waals surface area contributed by atoms with Crippen LogP contribution < -0.4 is 9.47 Å². The fourth-order valence-electron chi connectivity index (χ4n) is 3.01. The Morgan fingerprint density at radius 1 is 0.929 bits per heavy atom. The van der Waals surface area contributed by atoms with Crippen LogP contribution in [-0.4, -0.2) is 34.6 Å². The molecular weight excluding hydrogens is 356 g/mol. The van der Waals surface area contributed by atoms with E-state index in [9.17, 15) is 0 Å². The molecule has 0 saturated heterocycles. The molecule has 0 aliphatic heterocycles. The van der Waals surface area contributed by atoms with Crippen molar-refractivity contribution in [3.8, 4) is 45.7 Å². The van der Waals surface area contributed by atoms with Crippen molar-refractivity contribution < 1.29 is 14.0 Å². The van der Waals surface area contributed by atoms with Gasteiger partial charge in [-0.15, -0.1) is 0 Å². The number of methoxy groups -OCH3 is 2. The van der Waals surface area contributed by atoms with E-state index in [0.29, 0.717) is 28.9 Å². The number of aromatic amines is 1. The molecule has 4 rings (SSSR count). The maximum atomic E-state index is 5.43. The van der Waals surface area contributed by atoms with Gasteiger partial charge >= 0.3 is 0 Å². The zero-order valence-corrected chi connectivity index (χ0v) is 16.1. The van der Waals surface area contributed by atoms with Crippen LogP contribution in [-0.2, 0) is 0 Å². The lowest BCUT2D eigenvalue weighted by molar-refractivity contribution is 0.355. The van der Waals surface area contributed by atoms with Gasteiger partial charge in [0.25, 0.3) is 5.89 Å². The smallest absolute Gasteiger partial charge is 0.276 e. The van der Waals surface area contributed by atoms with Crippen molar-refractivity contribution in [2.24, 2.45) is 0 Å². The average Bonchev–Trinajstić information content (AvgIpc) is 3.38. The Kier molecular flexibility index (Phi) is 4.57. The van der Waals surface area contributed by atoms with Gasteiger partial charge in [0.15, 0.2) is 11.5 Å². The number of nitrogens with one attached hydrogen (secondary N) is 1. The van der Waals surface area contributed by atoms with Crippen molar-refractivity contribution in [1.29, 1.82) is 0 Å². The van der Waals surface area contributed by atoms with Gasteiger partial charge in [0.1, 0.15) is 5.69 Å². The third-order valence-electron chi connectivity index (χ3n) is 4.55. The predicted molar refractivity (Wildman–Crippen MR) is 105 cm³/mol. The highest BCUT2D eigenvalue weighted by molar-refractivity contribution is 5.69. The monoisotopic (exact) mass is 376 g/mol. The number of aromatic nitrogens is 4. The second kappa shape index (κ2) is 7.19. The quantitative estimate of drug-likeness (QED) is 0.555. The highest BCUT2D eigenvalue weighted by Gasteiger charge is 2.16. The van der Waals surface area contributed by atoms with Gasteiger partial charge in [-0.3, -0.25) is 5.10 Å². The lowest BCUT2D eigenvalue weighted by atomic mass is 10.0. The number of benzene rings is 2. The molecule has 2 heterocycles. The van der Waals surface area contributed by atoms with Crippen molar-refractivity contribution in [3.05, 3.63) is 53.6 Å². The van der Waals surface area contributed by atoms with Crippen molar-refractivity contribution in [2.75, 3.05) is 14.2 Å². The first-order valence-corrected chi connectivity index (χ1v) is 8.78. The molecule has 0 fully saturated rings. The standard InChI is InChI=1S/C21H20N4O3/c1-12-5-6-13(2)15(9-12)16-11-17(24-23-16)21-22-20(25-28-21)14-7-8-18(26-3)19(10-14)27-4/h5-11H,1-4H3,(H,23,24). The van der Waals surface area contributed by atoms with Crippen LogP contribution in [0.1, 0.15) is 11.1 Å². The summed E-state index contributed by atoms with van der Waals surface area (Å²) in [4.78, 5) is 4.48. The lowest BCUT2D eigenvalue weighted by Crippen LogP contribution is -1.91. The number of ether oxygens (including phenoxy) is 2. The molecule has 4 aromatic rings. The Bertz CT molecular complexity index is 1130. The van der Waals surface area contributed by atoms with E-state index < -0.39 is 0 Å². The van der Waals surface area contributed by atoms with Gasteiger partial charge in [0.2, 0.25) is 5.82 Å². The summed E-state index contributed by atoms with van der Waals surface area (Å²) in [6.45, 7) is 4.12. The van der Waals surface area contributed by atoms with E-state index in [4.69, 9.17) is 14.0 Å². The zero-order valence-electron chi connectivity index (χ0n) is 16.1. The Labute approximate surface area is 162 Å². The predicted octanol–water partition coefficient (Wildman–Crippen LogP) is 4.43. The second-order valence-electron chi connectivity index (χ2n) is 6.48. The van der Waals surface area contributed by atoms with E-state index in [2.05, 4.69) is 52.4 Å². The van der Waals surface area contributed by atoms with Crippen LogP contribution in [0.15, 0.2) is 47.0 Å². The number of hydrogen-bond donors (Lipinski definition) is 1. The number of hydrogen-bond acceptors (Lipinski definition) is 6. The van der Waals surface area contributed by atoms with Crippen LogP contribution in [0.3, 0.4) is 0 Å². The summed E-state index contributed by atoms with van der Waals surface area (Å²) in [5, 5.41) is 11.5. The second-order valence-corrected chi connectivity index (χ2v) is 6.48. The zero-order chi connectivity index (χ0) is 19.7. The molecule has 7 nitrogen and oxygen atoms in total. The molecule has 7 heteroatoms. The van der Waals surface area contributed by atoms with Gasteiger partial charge in [-0.1, -0.05) is 22.9 Å². The first-order chi connectivity index (χ1) is 13.6. The summed E-state index contributed by atoms with van der Waals surface area (Å²) < 4.78 is 16.0. The molecule has 0 aliphatic rings. The summed E-state index contributed by atoms with van der Waals surface area (Å²) in [7, 11) is 3.18. The van der Waals surface area contributed by atoms with E-state index in [1.165, 1.54) is 5.56 Å². The number of aryl methyl sites for hydroxylation is 2. The molecule has 0 bridgehead atoms. The summed E-state index contributed by atoms with van der Waals surface area (Å²) in [6.07, 6.45) is 0. The maximum absolute atomic E-state index is 5.43. The molecule has 2 aromatic carbocycles. The number of nitrogens with zero attached hydrogens (tertiary/aromatic N) is 3. The normalized spacial score (nSPS) is 10.9. The molecule has 2 aromatic heterocycles. The van der Waals surface area contributed by atoms with E-state index in [1.54, 1.807) is 20.3 Å². The molecule has 0 saturated carbocycles. The van der Waals surface area contributed by atoms with Crippen LogP contribution in [0.25, 0.3) is 34.2 Å². The van der Waals surface area contributed by atoms with Crippen LogP contribution in [0, 0.1) is 13.8 Å². The lowest BCUT2D eigenvalue weighted by Gasteiger charge is -2.07. The summed E-state index contributed by atoms with van der Waals surface area (Å²) >= 11 is 0. The van der Waals surface area contributed by atoms with Crippen molar-refractivity contribution in [1.82, 2.24) is 20.3 Å². The fourth-order valence-corrected chi connectivity index (χ4v) is 3.01. The molecule has 0 unspecified atom stereocenters. The maximum Gasteiger partial charge on any atom is 0.276 e. The molecule has 0 aliphatic carbocycles. The topological polar surface area (TPSA) is 86.1 Å². The molecule has 0 spiro atoms. The Morgan fingerprint density at radius 3 is 2.54 bits per heavy atom. The molecule has 0 radical (unpaired) electrons. The largest absolute Gasteiger partial charge is 0.493 e. The van der Waals surface area contributed by atoms with Gasteiger partial charge in [0, 0.05) is 11.1 Å². The SMILES string of the molecule is COc1ccc(-c2noc(-c3cc(-c4cc(C)ccc4C)n[nH]3)n2)cc1OC. The van der Waals surface area contributed by atoms with Crippen LogP contribution >= 0.6 is 0 Å². The van der Waals surface area contributed by atoms with Gasteiger partial charge in [-0.25, -0.2) is 0 Å². The molecule has 142 valence electrons. The fraction of sp³-hybridized carbons (Fsp3) is 0.190. The Hall–Kier alpha value is -3.61. The van der Waals surface area contributed by atoms with E-state index in [1.807, 2.05) is 18.2 Å². The van der Waals surface area contributed by atoms with Gasteiger partial charge in [-0.05, 0) is 49.7 Å². The van der Waals surface area contributed by atoms with Crippen molar-refractivity contribution in [3.63, 3.8) is 0 Å². The number of H-pyrrole nitrogens is 1. The van der Waals surface area contributed by atoms with Crippen LogP contribution in [0.2, 0.25) is 0 Å². The van der Waals surface area contributed by atoms with Crippen molar-refractivity contribution >= 4 is 0 Å². The average molecular weight is 376 g/mol. The first kappa shape index (κ1) is 17.8. The Balaban J connectivity index is 1.65. The first-order valence-electron chi connectivity index (χ1n) is 8.78. The third kappa shape index (κ3) is 3.22. The van der Waals surface area contributed by atoms with Crippen LogP contribution in [0.5, 0.6) is 11.5 Å². The van der Waals surface area contributed by atoms with Gasteiger partial charge in [-0.2, -0.15) is 10.1 Å². The van der Waals surface area contributed by atoms with E-state index in [-0.39, 0.29) is 0 Å². The van der Waals surface area contributed by atoms with Gasteiger partial charge < -0.3 is 14.0 Å². The molecule has 1 N–H and O–H groups in total. The molecular formula is C21H20N4O3. The van der Waals surface area contributed by atoms with E-state index >= 15 is 0 Å². The third-order valence-corrected chi connectivity index (χ3v) is 4.55. The minimum atomic E-state index is 0.369. The minimum absolute atomic E-state index is 0.369. The van der Waals surface area contributed by atoms with Crippen LogP contribution in [0.4, 0.5) is 0 Å². The molecule has 28 heavy (non-hydrogen) atoms. The molecule has 0 atom stereocenters. The summed E-state index contributed by atoms with van der Waals surface area (Å²) in [5.74, 6) is 2.07. The highest BCUT2D eigenvalue weighted by Crippen LogP contribution is 2.32. The Morgan fingerprint density at radius 2 is 1.75 bits per heavy atom.